The van der Waals surface area contributed by atoms with Gasteiger partial charge in [-0.1, -0.05) is 0 Å². The fourth-order valence-corrected chi connectivity index (χ4v) is 3.09. The predicted octanol–water partition coefficient (Wildman–Crippen LogP) is 1.95. The molecule has 2 aromatic rings. The van der Waals surface area contributed by atoms with E-state index in [0.717, 1.165) is 22.1 Å². The van der Waals surface area contributed by atoms with E-state index in [1.807, 2.05) is 48.5 Å². The van der Waals surface area contributed by atoms with E-state index in [1.165, 1.54) is 0 Å². The van der Waals surface area contributed by atoms with E-state index in [1.54, 1.807) is 14.2 Å². The molecule has 0 atom stereocenters. The molecule has 0 N–H and O–H groups in total. The minimum Gasteiger partial charge on any atom is -0.497 e. The molecule has 3 radical (unpaired) electrons. The lowest BCUT2D eigenvalue weighted by molar-refractivity contribution is 0.415. The average Bonchev–Trinajstić information content (AvgIpc) is 2.47. The third-order valence-electron chi connectivity index (χ3n) is 2.80. The van der Waals surface area contributed by atoms with Gasteiger partial charge in [0.1, 0.15) is 11.5 Å². The lowest BCUT2D eigenvalue weighted by Gasteiger charge is -2.17. The summed E-state index contributed by atoms with van der Waals surface area (Å²) in [5.41, 5.74) is 0. The van der Waals surface area contributed by atoms with Gasteiger partial charge in [-0.15, -0.1) is 0 Å². The predicted molar refractivity (Wildman–Crippen MR) is 79.3 cm³/mol. The quantitative estimate of drug-likeness (QED) is 0.615. The van der Waals surface area contributed by atoms with Crippen LogP contribution in [0, 0.1) is 0 Å². The van der Waals surface area contributed by atoms with E-state index in [2.05, 4.69) is 0 Å². The number of methoxy groups -OCH3 is 2. The monoisotopic (exact) mass is 257 g/mol. The number of ether oxygens (including phenoxy) is 2. The van der Waals surface area contributed by atoms with Crippen molar-refractivity contribution in [3.05, 3.63) is 48.5 Å². The van der Waals surface area contributed by atoms with Crippen LogP contribution in [-0.4, -0.2) is 21.8 Å². The summed E-state index contributed by atoms with van der Waals surface area (Å²) >= 11 is 0. The molecule has 0 saturated carbocycles. The Bertz CT molecular complexity index is 449. The molecule has 0 aliphatic carbocycles. The van der Waals surface area contributed by atoms with Gasteiger partial charge < -0.3 is 9.47 Å². The van der Waals surface area contributed by atoms with Crippen molar-refractivity contribution < 1.29 is 9.47 Å². The zero-order chi connectivity index (χ0) is 13.0. The Hall–Kier alpha value is -1.47. The molecule has 0 saturated heterocycles. The molecule has 2 rings (SSSR count). The van der Waals surface area contributed by atoms with Crippen LogP contribution in [0.4, 0.5) is 0 Å². The topological polar surface area (TPSA) is 18.5 Å². The van der Waals surface area contributed by atoms with Crippen molar-refractivity contribution in [3.8, 4) is 11.5 Å². The SMILES string of the molecule is [B-][PH+](c1ccc(OC)cc1)c1ccc(OC)cc1. The van der Waals surface area contributed by atoms with Crippen LogP contribution < -0.4 is 20.1 Å². The molecule has 0 amide bonds. The first kappa shape index (κ1) is 13.0. The Labute approximate surface area is 110 Å². The smallest absolute Gasteiger partial charge is 0.119 e. The van der Waals surface area contributed by atoms with Crippen LogP contribution in [0.25, 0.3) is 0 Å². The molecular formula is C14H15BO2P. The Balaban J connectivity index is 2.20. The molecule has 0 aliphatic rings. The van der Waals surface area contributed by atoms with Gasteiger partial charge in [0.2, 0.25) is 0 Å². The van der Waals surface area contributed by atoms with Gasteiger partial charge in [-0.2, -0.15) is 7.80 Å². The second kappa shape index (κ2) is 5.93. The summed E-state index contributed by atoms with van der Waals surface area (Å²) < 4.78 is 10.3. The highest BCUT2D eigenvalue weighted by atomic mass is 31.1. The van der Waals surface area contributed by atoms with Gasteiger partial charge in [-0.25, -0.2) is 0 Å². The van der Waals surface area contributed by atoms with E-state index in [9.17, 15) is 0 Å². The molecule has 0 bridgehead atoms. The van der Waals surface area contributed by atoms with Gasteiger partial charge in [0, 0.05) is 10.6 Å². The molecule has 0 aliphatic heterocycles. The largest absolute Gasteiger partial charge is 0.497 e. The normalized spacial score (nSPS) is 10.4. The minimum absolute atomic E-state index is 0.850. The summed E-state index contributed by atoms with van der Waals surface area (Å²) in [6.45, 7) is 0. The average molecular weight is 257 g/mol. The van der Waals surface area contributed by atoms with Crippen molar-refractivity contribution >= 4 is 26.0 Å². The van der Waals surface area contributed by atoms with Crippen LogP contribution in [0.2, 0.25) is 0 Å². The molecule has 4 heteroatoms. The maximum atomic E-state index is 6.32. The van der Waals surface area contributed by atoms with Gasteiger partial charge in [0.25, 0.3) is 0 Å². The first-order chi connectivity index (χ1) is 8.74. The molecule has 0 unspecified atom stereocenters. The lowest BCUT2D eigenvalue weighted by atomic mass is 10.3. The van der Waals surface area contributed by atoms with Gasteiger partial charge in [-0.05, 0) is 48.5 Å². The molecule has 0 aromatic heterocycles. The number of hydrogen-bond donors (Lipinski definition) is 0. The highest BCUT2D eigenvalue weighted by Crippen LogP contribution is 2.28. The van der Waals surface area contributed by atoms with Gasteiger partial charge >= 0.3 is 0 Å². The minimum atomic E-state index is -1.20. The summed E-state index contributed by atoms with van der Waals surface area (Å²) in [7, 11) is 8.43. The second-order valence-electron chi connectivity index (χ2n) is 3.87. The van der Waals surface area contributed by atoms with Crippen LogP contribution in [-0.2, 0) is 0 Å². The number of rotatable bonds is 4. The van der Waals surface area contributed by atoms with Crippen LogP contribution >= 0.6 is 7.80 Å². The first-order valence-corrected chi connectivity index (χ1v) is 7.23. The summed E-state index contributed by atoms with van der Waals surface area (Å²) in [6, 6.07) is 15.9. The second-order valence-corrected chi connectivity index (χ2v) is 5.85. The zero-order valence-corrected chi connectivity index (χ0v) is 11.5. The van der Waals surface area contributed by atoms with Crippen molar-refractivity contribution in [2.75, 3.05) is 14.2 Å². The maximum absolute atomic E-state index is 6.32. The fraction of sp³-hybridized carbons (Fsp3) is 0.143. The van der Waals surface area contributed by atoms with Crippen molar-refractivity contribution in [2.24, 2.45) is 0 Å². The molecule has 2 aromatic carbocycles. The van der Waals surface area contributed by atoms with Crippen LogP contribution in [0.5, 0.6) is 11.5 Å². The van der Waals surface area contributed by atoms with E-state index >= 15 is 0 Å². The van der Waals surface area contributed by atoms with E-state index < -0.39 is 7.80 Å². The van der Waals surface area contributed by atoms with Crippen LogP contribution in [0.15, 0.2) is 48.5 Å². The molecule has 0 spiro atoms. The first-order valence-electron chi connectivity index (χ1n) is 5.66. The fourth-order valence-electron chi connectivity index (χ4n) is 1.71. The molecule has 91 valence electrons. The van der Waals surface area contributed by atoms with Gasteiger partial charge in [0.05, 0.1) is 14.2 Å². The summed E-state index contributed by atoms with van der Waals surface area (Å²) in [5, 5.41) is 2.32. The van der Waals surface area contributed by atoms with Crippen molar-refractivity contribution in [3.63, 3.8) is 0 Å². The Morgan fingerprint density at radius 1 is 0.722 bits per heavy atom. The Morgan fingerprint density at radius 2 is 1.06 bits per heavy atom. The highest BCUT2D eigenvalue weighted by molar-refractivity contribution is 7.94. The Morgan fingerprint density at radius 3 is 1.33 bits per heavy atom. The van der Waals surface area contributed by atoms with E-state index in [-0.39, 0.29) is 0 Å². The van der Waals surface area contributed by atoms with Crippen molar-refractivity contribution in [2.45, 2.75) is 0 Å². The molecule has 0 heterocycles. The Kier molecular flexibility index (Phi) is 4.27. The zero-order valence-electron chi connectivity index (χ0n) is 10.5. The third-order valence-corrected chi connectivity index (χ3v) is 4.71. The number of hydrogen-bond acceptors (Lipinski definition) is 2. The maximum Gasteiger partial charge on any atom is 0.119 e. The van der Waals surface area contributed by atoms with Crippen molar-refractivity contribution in [1.29, 1.82) is 0 Å². The third kappa shape index (κ3) is 2.86. The molecule has 18 heavy (non-hydrogen) atoms. The number of benzene rings is 2. The molecule has 2 nitrogen and oxygen atoms in total. The van der Waals surface area contributed by atoms with Gasteiger partial charge in [-0.3, -0.25) is 7.57 Å². The van der Waals surface area contributed by atoms with E-state index in [0.29, 0.717) is 0 Å². The molecule has 0 fully saturated rings. The van der Waals surface area contributed by atoms with E-state index in [4.69, 9.17) is 17.0 Å². The van der Waals surface area contributed by atoms with Crippen LogP contribution in [0.3, 0.4) is 0 Å². The highest BCUT2D eigenvalue weighted by Gasteiger charge is 2.06. The lowest BCUT2D eigenvalue weighted by Crippen LogP contribution is -2.11. The summed E-state index contributed by atoms with van der Waals surface area (Å²) in [6.07, 6.45) is 0. The van der Waals surface area contributed by atoms with Crippen LogP contribution in [0.1, 0.15) is 0 Å². The van der Waals surface area contributed by atoms with Crippen molar-refractivity contribution in [1.82, 2.24) is 0 Å². The standard InChI is InChI=1S/C14H15BO2P/c1-16-11-3-7-13(8-4-11)18(15)14-9-5-12(17-2)6-10-14/h3-10,18H,1-2H3. The summed E-state index contributed by atoms with van der Waals surface area (Å²) in [5.74, 6) is 1.70. The van der Waals surface area contributed by atoms with Gasteiger partial charge in [0.15, 0.2) is 0 Å². The molecular weight excluding hydrogens is 242 g/mol. The summed E-state index contributed by atoms with van der Waals surface area (Å²) in [4.78, 5) is 0.